The third-order valence-electron chi connectivity index (χ3n) is 5.76. The van der Waals surface area contributed by atoms with Crippen LogP contribution in [-0.2, 0) is 14.3 Å². The van der Waals surface area contributed by atoms with Gasteiger partial charge in [-0.05, 0) is 51.2 Å². The van der Waals surface area contributed by atoms with Gasteiger partial charge in [0, 0.05) is 0 Å². The molecule has 0 heterocycles. The van der Waals surface area contributed by atoms with Crippen LogP contribution < -0.4 is 5.48 Å². The van der Waals surface area contributed by atoms with Crippen molar-refractivity contribution in [1.82, 2.24) is 5.48 Å². The van der Waals surface area contributed by atoms with E-state index in [4.69, 9.17) is 14.3 Å². The fraction of sp³-hybridized carbons (Fsp3) is 0.621. The number of nitrogens with one attached hydrogen (secondary N) is 1. The first-order valence-corrected chi connectivity index (χ1v) is 13.6. The van der Waals surface area contributed by atoms with Gasteiger partial charge in [-0.1, -0.05) is 89.0 Å². The van der Waals surface area contributed by atoms with Crippen molar-refractivity contribution in [3.8, 4) is 0 Å². The van der Waals surface area contributed by atoms with Gasteiger partial charge in [-0.25, -0.2) is 14.4 Å². The van der Waals surface area contributed by atoms with Gasteiger partial charge in [-0.15, -0.1) is 5.48 Å². The van der Waals surface area contributed by atoms with Gasteiger partial charge in [0.1, 0.15) is 0 Å². The third-order valence-corrected chi connectivity index (χ3v) is 5.76. The predicted octanol–water partition coefficient (Wildman–Crippen LogP) is 7.70. The van der Waals surface area contributed by atoms with Crippen LogP contribution in [0.15, 0.2) is 36.4 Å². The maximum Gasteiger partial charge on any atom is 0.440 e. The summed E-state index contributed by atoms with van der Waals surface area (Å²) in [5.41, 5.74) is 2.04. The van der Waals surface area contributed by atoms with Crippen LogP contribution in [0.3, 0.4) is 0 Å². The van der Waals surface area contributed by atoms with Gasteiger partial charge in [0.05, 0.1) is 24.3 Å². The molecule has 0 fully saturated rings. The zero-order valence-corrected chi connectivity index (χ0v) is 22.2. The van der Waals surface area contributed by atoms with E-state index in [1.807, 2.05) is 5.48 Å². The van der Waals surface area contributed by atoms with E-state index in [2.05, 4.69) is 19.1 Å². The summed E-state index contributed by atoms with van der Waals surface area (Å²) < 4.78 is 9.96. The first-order chi connectivity index (χ1) is 17.6. The van der Waals surface area contributed by atoms with Crippen molar-refractivity contribution < 1.29 is 28.7 Å². The van der Waals surface area contributed by atoms with Crippen molar-refractivity contribution in [3.63, 3.8) is 0 Å². The van der Waals surface area contributed by atoms with Gasteiger partial charge in [0.25, 0.3) is 0 Å². The summed E-state index contributed by atoms with van der Waals surface area (Å²) in [7, 11) is 0. The van der Waals surface area contributed by atoms with Gasteiger partial charge in [-0.3, -0.25) is 0 Å². The van der Waals surface area contributed by atoms with Crippen molar-refractivity contribution >= 4 is 18.0 Å². The molecule has 7 nitrogen and oxygen atoms in total. The second-order valence-corrected chi connectivity index (χ2v) is 8.83. The van der Waals surface area contributed by atoms with Crippen molar-refractivity contribution in [2.75, 3.05) is 13.2 Å². The molecule has 0 aliphatic carbocycles. The molecule has 1 aromatic carbocycles. The maximum absolute atomic E-state index is 12.2. The second-order valence-electron chi connectivity index (χ2n) is 8.83. The zero-order chi connectivity index (χ0) is 26.3. The minimum atomic E-state index is -0.868. The Hall–Kier alpha value is -2.83. The highest BCUT2D eigenvalue weighted by atomic mass is 16.7. The SMILES string of the molecule is CCCCCCCCC=CCCCCCCCCOC(=O)NOC(=O)c1ccccc1C(=O)OCC. The van der Waals surface area contributed by atoms with Crippen molar-refractivity contribution in [2.45, 2.75) is 104 Å². The molecule has 0 saturated heterocycles. The molecular formula is C29H45NO6. The van der Waals surface area contributed by atoms with Gasteiger partial charge in [-0.2, -0.15) is 0 Å². The molecule has 202 valence electrons. The lowest BCUT2D eigenvalue weighted by Gasteiger charge is -2.09. The highest BCUT2D eigenvalue weighted by Gasteiger charge is 2.19. The standard InChI is InChI=1S/C29H45NO6/c1-3-5-6-7-8-9-10-11-12-13-14-15-16-17-18-21-24-35-29(33)30-36-28(32)26-23-20-19-22-25(26)27(31)34-4-2/h11-12,19-20,22-23H,3-10,13-18,21,24H2,1-2H3,(H,30,33). The number of allylic oxidation sites excluding steroid dienone is 2. The average Bonchev–Trinajstić information content (AvgIpc) is 2.89. The first kappa shape index (κ1) is 31.2. The molecule has 0 aliphatic heterocycles. The molecule has 0 aliphatic rings. The smallest absolute Gasteiger partial charge is 0.440 e. The Morgan fingerprint density at radius 1 is 0.694 bits per heavy atom. The van der Waals surface area contributed by atoms with Crippen LogP contribution in [0.5, 0.6) is 0 Å². The number of carbonyl (C=O) groups excluding carboxylic acids is 3. The maximum atomic E-state index is 12.2. The fourth-order valence-electron chi connectivity index (χ4n) is 3.73. The third kappa shape index (κ3) is 15.2. The van der Waals surface area contributed by atoms with Gasteiger partial charge in [0.2, 0.25) is 0 Å². The molecule has 36 heavy (non-hydrogen) atoms. The van der Waals surface area contributed by atoms with Crippen LogP contribution in [0.25, 0.3) is 0 Å². The van der Waals surface area contributed by atoms with Gasteiger partial charge >= 0.3 is 18.0 Å². The topological polar surface area (TPSA) is 90.9 Å². The molecule has 7 heteroatoms. The number of carbonyl (C=O) groups is 3. The van der Waals surface area contributed by atoms with E-state index in [0.29, 0.717) is 0 Å². The Labute approximate surface area is 216 Å². The molecule has 0 unspecified atom stereocenters. The molecule has 0 aromatic heterocycles. The van der Waals surface area contributed by atoms with Crippen molar-refractivity contribution in [2.24, 2.45) is 0 Å². The Morgan fingerprint density at radius 3 is 1.81 bits per heavy atom. The van der Waals surface area contributed by atoms with Crippen molar-refractivity contribution in [1.29, 1.82) is 0 Å². The van der Waals surface area contributed by atoms with Crippen LogP contribution in [0, 0.1) is 0 Å². The molecular weight excluding hydrogens is 458 g/mol. The van der Waals surface area contributed by atoms with Crippen LogP contribution in [-0.4, -0.2) is 31.2 Å². The molecule has 0 radical (unpaired) electrons. The summed E-state index contributed by atoms with van der Waals surface area (Å²) in [5.74, 6) is -1.50. The van der Waals surface area contributed by atoms with Gasteiger partial charge in [0.15, 0.2) is 0 Å². The number of benzene rings is 1. The normalized spacial score (nSPS) is 10.8. The second kappa shape index (κ2) is 21.5. The highest BCUT2D eigenvalue weighted by molar-refractivity contribution is 6.03. The molecule has 0 atom stereocenters. The molecule has 1 aromatic rings. The van der Waals surface area contributed by atoms with E-state index in [-0.39, 0.29) is 24.3 Å². The number of hydroxylamine groups is 1. The minimum absolute atomic E-state index is 0.00421. The molecule has 1 amide bonds. The lowest BCUT2D eigenvalue weighted by molar-refractivity contribution is 0.0201. The summed E-state index contributed by atoms with van der Waals surface area (Å²) in [4.78, 5) is 40.7. The lowest BCUT2D eigenvalue weighted by Crippen LogP contribution is -2.29. The van der Waals surface area contributed by atoms with E-state index in [9.17, 15) is 14.4 Å². The van der Waals surface area contributed by atoms with E-state index in [1.165, 1.54) is 76.3 Å². The number of ether oxygens (including phenoxy) is 2. The summed E-state index contributed by atoms with van der Waals surface area (Å²) in [5, 5.41) is 0. The molecule has 1 N–H and O–H groups in total. The largest absolute Gasteiger partial charge is 0.462 e. The Kier molecular flexibility index (Phi) is 18.6. The van der Waals surface area contributed by atoms with Crippen LogP contribution in [0.1, 0.15) is 124 Å². The van der Waals surface area contributed by atoms with Crippen LogP contribution in [0.2, 0.25) is 0 Å². The van der Waals surface area contributed by atoms with Gasteiger partial charge < -0.3 is 14.3 Å². The molecule has 1 rings (SSSR count). The lowest BCUT2D eigenvalue weighted by atomic mass is 10.1. The summed E-state index contributed by atoms with van der Waals surface area (Å²) in [6, 6.07) is 6.08. The van der Waals surface area contributed by atoms with E-state index >= 15 is 0 Å². The Bertz CT molecular complexity index is 777. The van der Waals surface area contributed by atoms with Crippen molar-refractivity contribution in [3.05, 3.63) is 47.5 Å². The predicted molar refractivity (Wildman–Crippen MR) is 142 cm³/mol. The number of amides is 1. The van der Waals surface area contributed by atoms with E-state index < -0.39 is 18.0 Å². The number of hydrogen-bond acceptors (Lipinski definition) is 6. The first-order valence-electron chi connectivity index (χ1n) is 13.6. The average molecular weight is 504 g/mol. The summed E-state index contributed by atoms with van der Waals surface area (Å²) in [6.07, 6.45) is 20.7. The van der Waals surface area contributed by atoms with E-state index in [1.54, 1.807) is 19.1 Å². The van der Waals surface area contributed by atoms with E-state index in [0.717, 1.165) is 25.7 Å². The Balaban J connectivity index is 2.01. The molecule has 0 saturated carbocycles. The zero-order valence-electron chi connectivity index (χ0n) is 22.2. The quantitative estimate of drug-likeness (QED) is 0.0684. The van der Waals surface area contributed by atoms with Crippen LogP contribution >= 0.6 is 0 Å². The Morgan fingerprint density at radius 2 is 1.22 bits per heavy atom. The number of esters is 1. The number of rotatable bonds is 19. The number of unbranched alkanes of at least 4 members (excludes halogenated alkanes) is 12. The molecule has 0 bridgehead atoms. The minimum Gasteiger partial charge on any atom is -0.462 e. The monoisotopic (exact) mass is 503 g/mol. The van der Waals surface area contributed by atoms with Crippen LogP contribution in [0.4, 0.5) is 4.79 Å². The fourth-order valence-corrected chi connectivity index (χ4v) is 3.73. The summed E-state index contributed by atoms with van der Waals surface area (Å²) >= 11 is 0. The molecule has 0 spiro atoms. The highest BCUT2D eigenvalue weighted by Crippen LogP contribution is 2.12. The summed E-state index contributed by atoms with van der Waals surface area (Å²) in [6.45, 7) is 4.36. The number of hydrogen-bond donors (Lipinski definition) is 1.